The van der Waals surface area contributed by atoms with Gasteiger partial charge in [0.2, 0.25) is 10.0 Å². The molecule has 0 aliphatic rings. The lowest BCUT2D eigenvalue weighted by Crippen LogP contribution is -2.25. The maximum Gasteiger partial charge on any atom is 0.251 e. The fourth-order valence-corrected chi connectivity index (χ4v) is 3.22. The summed E-state index contributed by atoms with van der Waals surface area (Å²) in [6, 6.07) is 7.76. The maximum atomic E-state index is 12.2. The molecule has 1 heterocycles. The van der Waals surface area contributed by atoms with Gasteiger partial charge in [-0.15, -0.1) is 0 Å². The molecule has 0 atom stereocenters. The molecule has 0 aliphatic heterocycles. The number of amides is 1. The molecule has 0 saturated heterocycles. The number of nitrogens with one attached hydrogen (secondary N) is 1. The number of pyridine rings is 1. The van der Waals surface area contributed by atoms with Gasteiger partial charge in [-0.3, -0.25) is 9.78 Å². The Bertz CT molecular complexity index is 808. The van der Waals surface area contributed by atoms with E-state index < -0.39 is 10.0 Å². The van der Waals surface area contributed by atoms with E-state index in [4.69, 9.17) is 11.6 Å². The van der Waals surface area contributed by atoms with Crippen LogP contribution < -0.4 is 5.32 Å². The predicted octanol–water partition coefficient (Wildman–Crippen LogP) is 1.92. The Kier molecular flexibility index (Phi) is 5.35. The van der Waals surface area contributed by atoms with Crippen molar-refractivity contribution in [1.82, 2.24) is 14.6 Å². The molecule has 6 nitrogen and oxygen atoms in total. The summed E-state index contributed by atoms with van der Waals surface area (Å²) in [6.45, 7) is 0.297. The zero-order chi connectivity index (χ0) is 17.0. The molecule has 8 heteroatoms. The number of carbonyl (C=O) groups is 1. The van der Waals surface area contributed by atoms with E-state index in [0.29, 0.717) is 6.54 Å². The third-order valence-electron chi connectivity index (χ3n) is 3.13. The first kappa shape index (κ1) is 17.4. The van der Waals surface area contributed by atoms with Gasteiger partial charge in [-0.25, -0.2) is 12.7 Å². The number of nitrogens with zero attached hydrogens (tertiary/aromatic N) is 2. The van der Waals surface area contributed by atoms with Gasteiger partial charge in [-0.1, -0.05) is 17.7 Å². The van der Waals surface area contributed by atoms with Crippen molar-refractivity contribution >= 4 is 27.5 Å². The number of sulfonamides is 1. The highest BCUT2D eigenvalue weighted by atomic mass is 35.5. The molecule has 23 heavy (non-hydrogen) atoms. The van der Waals surface area contributed by atoms with Gasteiger partial charge in [0.25, 0.3) is 5.91 Å². The van der Waals surface area contributed by atoms with E-state index in [2.05, 4.69) is 10.3 Å². The van der Waals surface area contributed by atoms with Gasteiger partial charge in [0, 0.05) is 38.6 Å². The second kappa shape index (κ2) is 7.08. The normalized spacial score (nSPS) is 11.5. The van der Waals surface area contributed by atoms with Gasteiger partial charge in [0.05, 0.1) is 5.02 Å². The van der Waals surface area contributed by atoms with E-state index in [9.17, 15) is 13.2 Å². The quantitative estimate of drug-likeness (QED) is 0.890. The molecule has 1 aromatic carbocycles. The molecule has 2 aromatic rings. The lowest BCUT2D eigenvalue weighted by Gasteiger charge is -2.14. The van der Waals surface area contributed by atoms with Crippen molar-refractivity contribution in [3.63, 3.8) is 0 Å². The largest absolute Gasteiger partial charge is 0.348 e. The van der Waals surface area contributed by atoms with Crippen molar-refractivity contribution in [2.75, 3.05) is 14.1 Å². The molecule has 2 rings (SSSR count). The molecule has 0 bridgehead atoms. The molecular weight excluding hydrogens is 338 g/mol. The van der Waals surface area contributed by atoms with Gasteiger partial charge in [0.1, 0.15) is 4.90 Å². The Morgan fingerprint density at radius 1 is 1.30 bits per heavy atom. The lowest BCUT2D eigenvalue weighted by molar-refractivity contribution is 0.0950. The number of aromatic nitrogens is 1. The summed E-state index contributed by atoms with van der Waals surface area (Å²) in [7, 11) is -0.912. The molecule has 0 saturated carbocycles. The van der Waals surface area contributed by atoms with Crippen LogP contribution in [0.2, 0.25) is 5.02 Å². The minimum absolute atomic E-state index is 0.0718. The van der Waals surface area contributed by atoms with Gasteiger partial charge in [0.15, 0.2) is 0 Å². The van der Waals surface area contributed by atoms with Crippen LogP contribution in [0, 0.1) is 0 Å². The van der Waals surface area contributed by atoms with E-state index >= 15 is 0 Å². The number of halogens is 1. The van der Waals surface area contributed by atoms with Gasteiger partial charge < -0.3 is 5.32 Å². The van der Waals surface area contributed by atoms with Crippen LogP contribution in [0.25, 0.3) is 0 Å². The molecule has 1 amide bonds. The van der Waals surface area contributed by atoms with E-state index in [-0.39, 0.29) is 21.4 Å². The molecule has 1 N–H and O–H groups in total. The van der Waals surface area contributed by atoms with E-state index in [1.54, 1.807) is 18.5 Å². The van der Waals surface area contributed by atoms with Crippen LogP contribution in [0.4, 0.5) is 0 Å². The standard InChI is InChI=1S/C15H16ClN3O3S/c1-19(2)23(21,22)14-8-12(5-6-13(14)16)15(20)18-10-11-4-3-7-17-9-11/h3-9H,10H2,1-2H3,(H,18,20). The molecule has 0 aliphatic carbocycles. The summed E-state index contributed by atoms with van der Waals surface area (Å²) >= 11 is 5.96. The van der Waals surface area contributed by atoms with Crippen LogP contribution >= 0.6 is 11.6 Å². The minimum atomic E-state index is -3.72. The Morgan fingerprint density at radius 2 is 2.04 bits per heavy atom. The van der Waals surface area contributed by atoms with E-state index in [1.165, 1.54) is 32.3 Å². The van der Waals surface area contributed by atoms with Gasteiger partial charge in [-0.2, -0.15) is 0 Å². The number of carbonyl (C=O) groups excluding carboxylic acids is 1. The lowest BCUT2D eigenvalue weighted by atomic mass is 10.2. The summed E-state index contributed by atoms with van der Waals surface area (Å²) in [6.07, 6.45) is 3.28. The molecule has 1 aromatic heterocycles. The molecule has 0 radical (unpaired) electrons. The monoisotopic (exact) mass is 353 g/mol. The highest BCUT2D eigenvalue weighted by Crippen LogP contribution is 2.24. The van der Waals surface area contributed by atoms with Crippen LogP contribution in [-0.2, 0) is 16.6 Å². The SMILES string of the molecule is CN(C)S(=O)(=O)c1cc(C(=O)NCc2cccnc2)ccc1Cl. The molecule has 0 fully saturated rings. The summed E-state index contributed by atoms with van der Waals surface area (Å²) < 4.78 is 25.5. The first-order chi connectivity index (χ1) is 10.8. The highest BCUT2D eigenvalue weighted by Gasteiger charge is 2.22. The highest BCUT2D eigenvalue weighted by molar-refractivity contribution is 7.89. The fourth-order valence-electron chi connectivity index (χ4n) is 1.83. The van der Waals surface area contributed by atoms with E-state index in [0.717, 1.165) is 9.87 Å². The predicted molar refractivity (Wildman–Crippen MR) is 87.7 cm³/mol. The van der Waals surface area contributed by atoms with Crippen LogP contribution in [0.1, 0.15) is 15.9 Å². The number of hydrogen-bond acceptors (Lipinski definition) is 4. The summed E-state index contributed by atoms with van der Waals surface area (Å²) in [5.74, 6) is -0.388. The third kappa shape index (κ3) is 4.07. The van der Waals surface area contributed by atoms with Gasteiger partial charge >= 0.3 is 0 Å². The molecule has 0 spiro atoms. The summed E-state index contributed by atoms with van der Waals surface area (Å²) in [5, 5.41) is 2.78. The molecule has 0 unspecified atom stereocenters. The van der Waals surface area contributed by atoms with Crippen molar-refractivity contribution in [2.24, 2.45) is 0 Å². The van der Waals surface area contributed by atoms with E-state index in [1.807, 2.05) is 6.07 Å². The Hall–Kier alpha value is -1.96. The van der Waals surface area contributed by atoms with Crippen molar-refractivity contribution in [3.05, 3.63) is 58.9 Å². The summed E-state index contributed by atoms with van der Waals surface area (Å²) in [4.78, 5) is 16.1. The fraction of sp³-hybridized carbons (Fsp3) is 0.200. The number of rotatable bonds is 5. The first-order valence-corrected chi connectivity index (χ1v) is 8.53. The third-order valence-corrected chi connectivity index (χ3v) is 5.42. The van der Waals surface area contributed by atoms with Crippen molar-refractivity contribution in [2.45, 2.75) is 11.4 Å². The topological polar surface area (TPSA) is 79.4 Å². The van der Waals surface area contributed by atoms with Crippen LogP contribution in [0.5, 0.6) is 0 Å². The average molecular weight is 354 g/mol. The smallest absolute Gasteiger partial charge is 0.251 e. The minimum Gasteiger partial charge on any atom is -0.348 e. The Balaban J connectivity index is 2.22. The second-order valence-corrected chi connectivity index (χ2v) is 7.50. The van der Waals surface area contributed by atoms with Gasteiger partial charge in [-0.05, 0) is 29.8 Å². The zero-order valence-electron chi connectivity index (χ0n) is 12.7. The van der Waals surface area contributed by atoms with Crippen molar-refractivity contribution in [3.8, 4) is 0 Å². The summed E-state index contributed by atoms with van der Waals surface area (Å²) in [5.41, 5.74) is 1.06. The van der Waals surface area contributed by atoms with Crippen LogP contribution in [0.15, 0.2) is 47.6 Å². The average Bonchev–Trinajstić information content (AvgIpc) is 2.53. The first-order valence-electron chi connectivity index (χ1n) is 6.71. The number of benzene rings is 1. The Morgan fingerprint density at radius 3 is 2.65 bits per heavy atom. The molecule has 122 valence electrons. The Labute approximate surface area is 140 Å². The van der Waals surface area contributed by atoms with Crippen LogP contribution in [0.3, 0.4) is 0 Å². The van der Waals surface area contributed by atoms with Crippen molar-refractivity contribution in [1.29, 1.82) is 0 Å². The second-order valence-electron chi connectivity index (χ2n) is 4.98. The number of hydrogen-bond donors (Lipinski definition) is 1. The zero-order valence-corrected chi connectivity index (χ0v) is 14.2. The van der Waals surface area contributed by atoms with Crippen molar-refractivity contribution < 1.29 is 13.2 Å². The maximum absolute atomic E-state index is 12.2. The van der Waals surface area contributed by atoms with Crippen LogP contribution in [-0.4, -0.2) is 37.7 Å². The molecular formula is C15H16ClN3O3S.